The molecular weight excluding hydrogens is 408 g/mol. The summed E-state index contributed by atoms with van der Waals surface area (Å²) in [5, 5.41) is 0.945. The lowest BCUT2D eigenvalue weighted by Gasteiger charge is -2.19. The van der Waals surface area contributed by atoms with Crippen LogP contribution in [0.1, 0.15) is 31.9 Å². The molecule has 4 rings (SSSR count). The molecule has 0 aliphatic rings. The average Bonchev–Trinajstić information content (AvgIpc) is 3.17. The van der Waals surface area contributed by atoms with Gasteiger partial charge in [-0.1, -0.05) is 123 Å². The Morgan fingerprint density at radius 2 is 1.44 bits per heavy atom. The summed E-state index contributed by atoms with van der Waals surface area (Å²) in [4.78, 5) is 5.08. The van der Waals surface area contributed by atoms with E-state index in [2.05, 4.69) is 91.9 Å². The molecule has 0 atom stereocenters. The van der Waals surface area contributed by atoms with E-state index in [0.717, 1.165) is 33.4 Å². The van der Waals surface area contributed by atoms with Gasteiger partial charge in [0.2, 0.25) is 0 Å². The lowest BCUT2D eigenvalue weighted by atomic mass is 9.87. The topological polar surface area (TPSA) is 17.8 Å². The molecule has 1 aromatic heterocycles. The number of imidazole rings is 1. The molecule has 3 heteroatoms. The molecule has 0 saturated carbocycles. The number of hydrogen-bond donors (Lipinski definition) is 0. The second kappa shape index (κ2) is 9.51. The molecule has 3 aromatic carbocycles. The molecule has 0 spiro atoms. The number of rotatable bonds is 6. The third-order valence-corrected chi connectivity index (χ3v) is 6.51. The Labute approximate surface area is 195 Å². The molecule has 0 bridgehead atoms. The van der Waals surface area contributed by atoms with E-state index in [4.69, 9.17) is 11.4 Å². The number of aromatic nitrogens is 2. The van der Waals surface area contributed by atoms with Crippen LogP contribution in [-0.2, 0) is 17.7 Å². The fraction of sp³-hybridized carbons (Fsp3) is 0.207. The summed E-state index contributed by atoms with van der Waals surface area (Å²) in [6.45, 7) is 7.20. The maximum Gasteiger partial charge on any atom is 0.170 e. The Bertz CT molecular complexity index is 1210. The standard InChI is InChI=1S/C29H28N2S/c1-5-20-31-27(24-14-10-7-11-15-24)26(23-12-8-6-9-13-23)30-28(31)32-21-22-16-18-25(19-17-22)29(2,3)4/h1,6-19H,20-21H2,2-4H3. The Hall–Kier alpha value is -3.22. The predicted molar refractivity (Wildman–Crippen MR) is 137 cm³/mol. The molecule has 0 N–H and O–H groups in total. The van der Waals surface area contributed by atoms with Gasteiger partial charge in [-0.15, -0.1) is 6.42 Å². The van der Waals surface area contributed by atoms with Crippen LogP contribution in [0.5, 0.6) is 0 Å². The summed E-state index contributed by atoms with van der Waals surface area (Å²) in [5.74, 6) is 3.67. The van der Waals surface area contributed by atoms with Gasteiger partial charge in [-0.2, -0.15) is 0 Å². The first-order valence-corrected chi connectivity index (χ1v) is 11.8. The van der Waals surface area contributed by atoms with Crippen LogP contribution in [-0.4, -0.2) is 9.55 Å². The Morgan fingerprint density at radius 3 is 2.00 bits per heavy atom. The minimum absolute atomic E-state index is 0.157. The zero-order chi connectivity index (χ0) is 22.6. The lowest BCUT2D eigenvalue weighted by molar-refractivity contribution is 0.590. The minimum atomic E-state index is 0.157. The van der Waals surface area contributed by atoms with Gasteiger partial charge in [-0.3, -0.25) is 0 Å². The van der Waals surface area contributed by atoms with Gasteiger partial charge in [0.1, 0.15) is 0 Å². The van der Waals surface area contributed by atoms with Gasteiger partial charge >= 0.3 is 0 Å². The lowest BCUT2D eigenvalue weighted by Crippen LogP contribution is -2.10. The minimum Gasteiger partial charge on any atom is -0.307 e. The SMILES string of the molecule is C#CCn1c(SCc2ccc(C(C)(C)C)cc2)nc(-c2ccccc2)c1-c1ccccc1. The molecule has 4 aromatic rings. The Kier molecular flexibility index (Phi) is 6.53. The largest absolute Gasteiger partial charge is 0.307 e. The van der Waals surface area contributed by atoms with Crippen molar-refractivity contribution in [3.8, 4) is 34.9 Å². The van der Waals surface area contributed by atoms with Crippen LogP contribution in [0.3, 0.4) is 0 Å². The molecule has 2 nitrogen and oxygen atoms in total. The molecule has 0 radical (unpaired) electrons. The third-order valence-electron chi connectivity index (χ3n) is 5.46. The van der Waals surface area contributed by atoms with E-state index < -0.39 is 0 Å². The van der Waals surface area contributed by atoms with E-state index in [1.807, 2.05) is 24.3 Å². The van der Waals surface area contributed by atoms with Crippen molar-refractivity contribution in [2.75, 3.05) is 0 Å². The van der Waals surface area contributed by atoms with E-state index in [9.17, 15) is 0 Å². The van der Waals surface area contributed by atoms with Crippen LogP contribution < -0.4 is 0 Å². The van der Waals surface area contributed by atoms with Crippen molar-refractivity contribution in [2.45, 2.75) is 43.6 Å². The smallest absolute Gasteiger partial charge is 0.170 e. The van der Waals surface area contributed by atoms with E-state index >= 15 is 0 Å². The molecular formula is C29H28N2S. The predicted octanol–water partition coefficient (Wildman–Crippen LogP) is 7.44. The van der Waals surface area contributed by atoms with Gasteiger partial charge in [0.15, 0.2) is 5.16 Å². The molecule has 0 amide bonds. The van der Waals surface area contributed by atoms with Gasteiger partial charge in [0.25, 0.3) is 0 Å². The number of hydrogen-bond acceptors (Lipinski definition) is 2. The quantitative estimate of drug-likeness (QED) is 0.231. The number of terminal acetylenes is 1. The van der Waals surface area contributed by atoms with Gasteiger partial charge < -0.3 is 4.57 Å². The summed E-state index contributed by atoms with van der Waals surface area (Å²) in [7, 11) is 0. The van der Waals surface area contributed by atoms with Gasteiger partial charge in [0, 0.05) is 16.9 Å². The summed E-state index contributed by atoms with van der Waals surface area (Å²) < 4.78 is 2.17. The average molecular weight is 437 g/mol. The molecule has 0 saturated heterocycles. The van der Waals surface area contributed by atoms with E-state index in [0.29, 0.717) is 6.54 Å². The van der Waals surface area contributed by atoms with E-state index in [1.54, 1.807) is 11.8 Å². The van der Waals surface area contributed by atoms with Crippen molar-refractivity contribution in [1.82, 2.24) is 9.55 Å². The van der Waals surface area contributed by atoms with Crippen LogP contribution >= 0.6 is 11.8 Å². The van der Waals surface area contributed by atoms with Crippen molar-refractivity contribution in [1.29, 1.82) is 0 Å². The van der Waals surface area contributed by atoms with Gasteiger partial charge in [-0.05, 0) is 16.5 Å². The number of nitrogens with zero attached hydrogens (tertiary/aromatic N) is 2. The first kappa shape index (κ1) is 22.0. The highest BCUT2D eigenvalue weighted by atomic mass is 32.2. The normalized spacial score (nSPS) is 11.3. The molecule has 32 heavy (non-hydrogen) atoms. The van der Waals surface area contributed by atoms with Crippen molar-refractivity contribution in [2.24, 2.45) is 0 Å². The van der Waals surface area contributed by atoms with E-state index in [-0.39, 0.29) is 5.41 Å². The van der Waals surface area contributed by atoms with Crippen molar-refractivity contribution in [3.63, 3.8) is 0 Å². The highest BCUT2D eigenvalue weighted by Crippen LogP contribution is 2.36. The fourth-order valence-corrected chi connectivity index (χ4v) is 4.67. The molecule has 1 heterocycles. The van der Waals surface area contributed by atoms with Gasteiger partial charge in [-0.25, -0.2) is 4.98 Å². The maximum absolute atomic E-state index is 5.78. The maximum atomic E-state index is 5.78. The highest BCUT2D eigenvalue weighted by molar-refractivity contribution is 7.98. The molecule has 160 valence electrons. The second-order valence-electron chi connectivity index (χ2n) is 8.85. The summed E-state index contributed by atoms with van der Waals surface area (Å²) in [5.41, 5.74) is 7.04. The first-order valence-electron chi connectivity index (χ1n) is 10.8. The Balaban J connectivity index is 1.72. The van der Waals surface area contributed by atoms with Crippen LogP contribution in [0.4, 0.5) is 0 Å². The highest BCUT2D eigenvalue weighted by Gasteiger charge is 2.20. The zero-order valence-electron chi connectivity index (χ0n) is 18.9. The summed E-state index contributed by atoms with van der Waals surface area (Å²) in [6.07, 6.45) is 5.78. The van der Waals surface area contributed by atoms with Crippen LogP contribution in [0.2, 0.25) is 0 Å². The zero-order valence-corrected chi connectivity index (χ0v) is 19.7. The van der Waals surface area contributed by atoms with Crippen LogP contribution in [0.15, 0.2) is 90.1 Å². The van der Waals surface area contributed by atoms with Gasteiger partial charge in [0.05, 0.1) is 17.9 Å². The summed E-state index contributed by atoms with van der Waals surface area (Å²) in [6, 6.07) is 29.6. The number of benzene rings is 3. The molecule has 0 aliphatic heterocycles. The molecule has 0 unspecified atom stereocenters. The summed E-state index contributed by atoms with van der Waals surface area (Å²) >= 11 is 1.73. The Morgan fingerprint density at radius 1 is 0.844 bits per heavy atom. The second-order valence-corrected chi connectivity index (χ2v) is 9.79. The molecule has 0 fully saturated rings. The molecule has 0 aliphatic carbocycles. The first-order chi connectivity index (χ1) is 15.5. The van der Waals surface area contributed by atoms with Crippen molar-refractivity contribution >= 4 is 11.8 Å². The fourth-order valence-electron chi connectivity index (χ4n) is 3.72. The van der Waals surface area contributed by atoms with Crippen LogP contribution in [0.25, 0.3) is 22.5 Å². The van der Waals surface area contributed by atoms with Crippen molar-refractivity contribution < 1.29 is 0 Å². The van der Waals surface area contributed by atoms with E-state index in [1.165, 1.54) is 11.1 Å². The number of thioether (sulfide) groups is 1. The monoisotopic (exact) mass is 436 g/mol. The third kappa shape index (κ3) is 4.82. The van der Waals surface area contributed by atoms with Crippen molar-refractivity contribution in [3.05, 3.63) is 96.1 Å². The van der Waals surface area contributed by atoms with Crippen LogP contribution in [0, 0.1) is 12.3 Å².